The van der Waals surface area contributed by atoms with Crippen molar-refractivity contribution in [1.82, 2.24) is 5.32 Å². The zero-order valence-electron chi connectivity index (χ0n) is 18.0. The lowest BCUT2D eigenvalue weighted by atomic mass is 10.0. The van der Waals surface area contributed by atoms with Gasteiger partial charge in [-0.05, 0) is 24.3 Å². The highest BCUT2D eigenvalue weighted by Gasteiger charge is 2.25. The molecular formula is C24H33NO5. The van der Waals surface area contributed by atoms with Gasteiger partial charge in [-0.15, -0.1) is 13.2 Å². The van der Waals surface area contributed by atoms with Crippen molar-refractivity contribution in [2.75, 3.05) is 13.2 Å². The third-order valence-corrected chi connectivity index (χ3v) is 4.28. The fraction of sp³-hybridized carbons (Fsp3) is 0.458. The molecule has 1 N–H and O–H groups in total. The second-order valence-corrected chi connectivity index (χ2v) is 7.49. The van der Waals surface area contributed by atoms with E-state index >= 15 is 0 Å². The van der Waals surface area contributed by atoms with Gasteiger partial charge in [-0.3, -0.25) is 14.4 Å². The molecule has 0 aliphatic carbocycles. The quantitative estimate of drug-likeness (QED) is 0.365. The number of carbonyl (C=O) groups is 3. The Morgan fingerprint density at radius 3 is 2.33 bits per heavy atom. The summed E-state index contributed by atoms with van der Waals surface area (Å²) in [7, 11) is 0. The summed E-state index contributed by atoms with van der Waals surface area (Å²) >= 11 is 0. The van der Waals surface area contributed by atoms with Gasteiger partial charge in [0.05, 0.1) is 25.0 Å². The first-order valence-corrected chi connectivity index (χ1v) is 10.3. The molecule has 0 aliphatic heterocycles. The maximum Gasteiger partial charge on any atom is 0.309 e. The highest BCUT2D eigenvalue weighted by molar-refractivity contribution is 5.80. The summed E-state index contributed by atoms with van der Waals surface area (Å²) in [5, 5.41) is 2.89. The van der Waals surface area contributed by atoms with Crippen molar-refractivity contribution in [2.24, 2.45) is 11.8 Å². The molecule has 1 aromatic carbocycles. The molecule has 0 fully saturated rings. The van der Waals surface area contributed by atoms with Gasteiger partial charge >= 0.3 is 11.9 Å². The maximum atomic E-state index is 12.6. The molecule has 30 heavy (non-hydrogen) atoms. The van der Waals surface area contributed by atoms with E-state index in [1.807, 2.05) is 44.2 Å². The molecule has 0 saturated heterocycles. The topological polar surface area (TPSA) is 81.7 Å². The van der Waals surface area contributed by atoms with Gasteiger partial charge in [-0.25, -0.2) is 0 Å². The molecule has 1 amide bonds. The zero-order valence-corrected chi connectivity index (χ0v) is 18.0. The van der Waals surface area contributed by atoms with Crippen LogP contribution in [0.2, 0.25) is 0 Å². The van der Waals surface area contributed by atoms with Crippen LogP contribution in [0.25, 0.3) is 0 Å². The molecule has 6 nitrogen and oxygen atoms in total. The number of rotatable bonds is 14. The minimum atomic E-state index is -0.671. The van der Waals surface area contributed by atoms with E-state index in [9.17, 15) is 14.4 Å². The lowest BCUT2D eigenvalue weighted by Gasteiger charge is -2.21. The summed E-state index contributed by atoms with van der Waals surface area (Å²) in [6.07, 6.45) is 4.36. The predicted molar refractivity (Wildman–Crippen MR) is 116 cm³/mol. The molecule has 0 bridgehead atoms. The third kappa shape index (κ3) is 10.0. The van der Waals surface area contributed by atoms with E-state index in [1.54, 1.807) is 12.2 Å². The minimum absolute atomic E-state index is 0.0304. The summed E-state index contributed by atoms with van der Waals surface area (Å²) in [4.78, 5) is 36.8. The number of allylic oxidation sites excluding steroid dienone is 2. The lowest BCUT2D eigenvalue weighted by molar-refractivity contribution is -0.156. The molecular weight excluding hydrogens is 382 g/mol. The number of nitrogens with one attached hydrogen (secondary N) is 1. The van der Waals surface area contributed by atoms with E-state index in [0.29, 0.717) is 25.9 Å². The second-order valence-electron chi connectivity index (χ2n) is 7.49. The molecule has 1 unspecified atom stereocenters. The van der Waals surface area contributed by atoms with Crippen molar-refractivity contribution in [3.63, 3.8) is 0 Å². The highest BCUT2D eigenvalue weighted by Crippen LogP contribution is 2.17. The van der Waals surface area contributed by atoms with E-state index in [4.69, 9.17) is 9.47 Å². The van der Waals surface area contributed by atoms with Crippen LogP contribution in [0, 0.1) is 11.8 Å². The van der Waals surface area contributed by atoms with Crippen molar-refractivity contribution >= 4 is 17.8 Å². The van der Waals surface area contributed by atoms with Crippen LogP contribution in [0.15, 0.2) is 55.6 Å². The summed E-state index contributed by atoms with van der Waals surface area (Å²) in [5.74, 6) is -1.56. The van der Waals surface area contributed by atoms with Gasteiger partial charge in [-0.2, -0.15) is 0 Å². The van der Waals surface area contributed by atoms with Crippen molar-refractivity contribution in [3.8, 4) is 0 Å². The third-order valence-electron chi connectivity index (χ3n) is 4.28. The first-order chi connectivity index (χ1) is 14.4. The van der Waals surface area contributed by atoms with Crippen molar-refractivity contribution in [1.29, 1.82) is 0 Å². The Morgan fingerprint density at radius 1 is 1.03 bits per heavy atom. The molecule has 0 spiro atoms. The van der Waals surface area contributed by atoms with Crippen LogP contribution in [0.4, 0.5) is 0 Å². The molecule has 1 rings (SSSR count). The number of ether oxygens (including phenoxy) is 2. The monoisotopic (exact) mass is 415 g/mol. The molecule has 0 heterocycles. The van der Waals surface area contributed by atoms with Gasteiger partial charge in [0.25, 0.3) is 0 Å². The first-order valence-electron chi connectivity index (χ1n) is 10.3. The predicted octanol–water partition coefficient (Wildman–Crippen LogP) is 4.13. The average Bonchev–Trinajstić information content (AvgIpc) is 2.73. The standard InChI is InChI=1S/C24H33NO5/c1-5-7-14-22(26)25-21(19-12-9-8-10-13-19)17-30-24(28)20(11-6-2)15-23(27)29-16-18(3)4/h5-6,8-10,12-13,18,20-21H,1-2,7,11,14-17H2,3-4H3,(H,25,26)/t20?,21-/m1/s1. The van der Waals surface area contributed by atoms with Crippen LogP contribution in [0.5, 0.6) is 0 Å². The van der Waals surface area contributed by atoms with E-state index < -0.39 is 23.9 Å². The van der Waals surface area contributed by atoms with Crippen LogP contribution < -0.4 is 5.32 Å². The molecule has 0 saturated carbocycles. The maximum absolute atomic E-state index is 12.6. The average molecular weight is 416 g/mol. The van der Waals surface area contributed by atoms with Crippen molar-refractivity contribution in [3.05, 3.63) is 61.2 Å². The van der Waals surface area contributed by atoms with E-state index in [0.717, 1.165) is 5.56 Å². The Kier molecular flexibility index (Phi) is 11.9. The van der Waals surface area contributed by atoms with Crippen molar-refractivity contribution < 1.29 is 23.9 Å². The molecule has 2 atom stereocenters. The Bertz CT molecular complexity index is 699. The number of carbonyl (C=O) groups excluding carboxylic acids is 3. The van der Waals surface area contributed by atoms with Crippen LogP contribution >= 0.6 is 0 Å². The van der Waals surface area contributed by atoms with Gasteiger partial charge < -0.3 is 14.8 Å². The Morgan fingerprint density at radius 2 is 1.73 bits per heavy atom. The molecule has 0 aliphatic rings. The molecule has 6 heteroatoms. The van der Waals surface area contributed by atoms with Gasteiger partial charge in [0.1, 0.15) is 6.61 Å². The summed E-state index contributed by atoms with van der Waals surface area (Å²) in [6, 6.07) is 8.81. The van der Waals surface area contributed by atoms with Gasteiger partial charge in [0.2, 0.25) is 5.91 Å². The summed E-state index contributed by atoms with van der Waals surface area (Å²) in [6.45, 7) is 11.4. The lowest BCUT2D eigenvalue weighted by Crippen LogP contribution is -2.33. The fourth-order valence-electron chi connectivity index (χ4n) is 2.67. The first kappa shape index (κ1) is 25.1. The van der Waals surface area contributed by atoms with Crippen molar-refractivity contribution in [2.45, 2.75) is 45.6 Å². The van der Waals surface area contributed by atoms with Crippen LogP contribution in [0.1, 0.15) is 51.1 Å². The van der Waals surface area contributed by atoms with Gasteiger partial charge in [0, 0.05) is 6.42 Å². The number of hydrogen-bond acceptors (Lipinski definition) is 5. The van der Waals surface area contributed by atoms with E-state index in [-0.39, 0.29) is 24.9 Å². The summed E-state index contributed by atoms with van der Waals surface area (Å²) in [5.41, 5.74) is 0.828. The number of amides is 1. The van der Waals surface area contributed by atoms with Gasteiger partial charge in [0.15, 0.2) is 0 Å². The highest BCUT2D eigenvalue weighted by atomic mass is 16.5. The molecule has 0 aromatic heterocycles. The molecule has 0 radical (unpaired) electrons. The van der Waals surface area contributed by atoms with Gasteiger partial charge in [-0.1, -0.05) is 56.3 Å². The van der Waals surface area contributed by atoms with E-state index in [2.05, 4.69) is 18.5 Å². The van der Waals surface area contributed by atoms with Crippen LogP contribution in [0.3, 0.4) is 0 Å². The van der Waals surface area contributed by atoms with E-state index in [1.165, 1.54) is 0 Å². The zero-order chi connectivity index (χ0) is 22.4. The Labute approximate surface area is 179 Å². The minimum Gasteiger partial charge on any atom is -0.465 e. The smallest absolute Gasteiger partial charge is 0.309 e. The second kappa shape index (κ2) is 14.1. The van der Waals surface area contributed by atoms with Crippen LogP contribution in [-0.2, 0) is 23.9 Å². The normalized spacial score (nSPS) is 12.5. The number of benzene rings is 1. The summed E-state index contributed by atoms with van der Waals surface area (Å²) < 4.78 is 10.6. The number of hydrogen-bond donors (Lipinski definition) is 1. The Balaban J connectivity index is 2.74. The van der Waals surface area contributed by atoms with Crippen LogP contribution in [-0.4, -0.2) is 31.1 Å². The fourth-order valence-corrected chi connectivity index (χ4v) is 2.67. The SMILES string of the molecule is C=CCCC(=O)N[C@H](COC(=O)C(CC=C)CC(=O)OCC(C)C)c1ccccc1. The Hall–Kier alpha value is -2.89. The number of esters is 2. The largest absolute Gasteiger partial charge is 0.465 e. The molecule has 164 valence electrons. The molecule has 1 aromatic rings.